The molecule has 1 aromatic carbocycles. The van der Waals surface area contributed by atoms with Crippen LogP contribution in [0.3, 0.4) is 0 Å². The number of nitrogens with zero attached hydrogens (tertiary/aromatic N) is 1. The quantitative estimate of drug-likeness (QED) is 0.886. The van der Waals surface area contributed by atoms with Gasteiger partial charge in [-0.1, -0.05) is 12.1 Å². The van der Waals surface area contributed by atoms with Crippen LogP contribution in [0.1, 0.15) is 6.92 Å². The van der Waals surface area contributed by atoms with Gasteiger partial charge in [0.1, 0.15) is 12.7 Å². The first kappa shape index (κ1) is 15.1. The van der Waals surface area contributed by atoms with Crippen LogP contribution in [0.2, 0.25) is 0 Å². The highest BCUT2D eigenvalue weighted by molar-refractivity contribution is 5.81. The van der Waals surface area contributed by atoms with Crippen molar-refractivity contribution in [3.63, 3.8) is 0 Å². The summed E-state index contributed by atoms with van der Waals surface area (Å²) in [6.45, 7) is 5.79. The number of para-hydroxylation sites is 2. The lowest BCUT2D eigenvalue weighted by molar-refractivity contribution is -0.128. The third-order valence-electron chi connectivity index (χ3n) is 4.04. The number of carbonyl (C=O) groups is 1. The number of fused-ring (bicyclic) bond motifs is 1. The first-order valence-corrected chi connectivity index (χ1v) is 7.72. The first-order chi connectivity index (χ1) is 10.7. The van der Waals surface area contributed by atoms with E-state index in [0.717, 1.165) is 24.6 Å². The number of hydrogen-bond acceptors (Lipinski definition) is 5. The fraction of sp³-hybridized carbons (Fsp3) is 0.562. The van der Waals surface area contributed by atoms with Crippen LogP contribution < -0.4 is 14.8 Å². The molecule has 0 radical (unpaired) electrons. The molecule has 0 spiro atoms. The van der Waals surface area contributed by atoms with E-state index in [4.69, 9.17) is 14.2 Å². The smallest absolute Gasteiger partial charge is 0.237 e. The Balaban J connectivity index is 1.47. The predicted molar refractivity (Wildman–Crippen MR) is 81.2 cm³/mol. The van der Waals surface area contributed by atoms with Gasteiger partial charge >= 0.3 is 0 Å². The molecule has 1 amide bonds. The number of morpholine rings is 1. The summed E-state index contributed by atoms with van der Waals surface area (Å²) in [5.74, 6) is 1.50. The number of amides is 1. The van der Waals surface area contributed by atoms with Crippen LogP contribution in [-0.2, 0) is 9.53 Å². The normalized spacial score (nSPS) is 22.9. The molecule has 0 saturated carbocycles. The lowest BCUT2D eigenvalue weighted by Gasteiger charge is -2.32. The van der Waals surface area contributed by atoms with Crippen molar-refractivity contribution in [3.05, 3.63) is 24.3 Å². The largest absolute Gasteiger partial charge is 0.486 e. The molecule has 0 bridgehead atoms. The summed E-state index contributed by atoms with van der Waals surface area (Å²) in [6, 6.07) is 7.42. The second-order valence-corrected chi connectivity index (χ2v) is 5.57. The van der Waals surface area contributed by atoms with Gasteiger partial charge < -0.3 is 19.5 Å². The lowest BCUT2D eigenvalue weighted by atomic mass is 10.2. The average molecular weight is 306 g/mol. The first-order valence-electron chi connectivity index (χ1n) is 7.72. The molecule has 1 aromatic rings. The number of benzene rings is 1. The molecule has 0 aromatic heterocycles. The molecule has 2 aliphatic rings. The average Bonchev–Trinajstić information content (AvgIpc) is 2.59. The van der Waals surface area contributed by atoms with Crippen molar-refractivity contribution in [2.45, 2.75) is 19.1 Å². The van der Waals surface area contributed by atoms with Crippen LogP contribution >= 0.6 is 0 Å². The van der Waals surface area contributed by atoms with Gasteiger partial charge in [-0.15, -0.1) is 0 Å². The van der Waals surface area contributed by atoms with E-state index in [0.29, 0.717) is 26.4 Å². The maximum atomic E-state index is 12.2. The summed E-state index contributed by atoms with van der Waals surface area (Å²) >= 11 is 0. The fourth-order valence-corrected chi connectivity index (χ4v) is 2.66. The highest BCUT2D eigenvalue weighted by Gasteiger charge is 2.25. The SMILES string of the molecule is C[C@@H](C(=O)NC[C@@H]1COc2ccccc2O1)N1CCOCC1. The third kappa shape index (κ3) is 3.51. The number of nitrogens with one attached hydrogen (secondary N) is 1. The van der Waals surface area contributed by atoms with E-state index < -0.39 is 0 Å². The monoisotopic (exact) mass is 306 g/mol. The summed E-state index contributed by atoms with van der Waals surface area (Å²) < 4.78 is 16.8. The zero-order valence-corrected chi connectivity index (χ0v) is 12.8. The number of ether oxygens (including phenoxy) is 3. The Labute approximate surface area is 130 Å². The molecule has 22 heavy (non-hydrogen) atoms. The lowest BCUT2D eigenvalue weighted by Crippen LogP contribution is -2.51. The Hall–Kier alpha value is -1.79. The van der Waals surface area contributed by atoms with Gasteiger partial charge in [0, 0.05) is 13.1 Å². The van der Waals surface area contributed by atoms with Gasteiger partial charge in [0.25, 0.3) is 0 Å². The van der Waals surface area contributed by atoms with E-state index >= 15 is 0 Å². The molecule has 1 saturated heterocycles. The molecule has 0 unspecified atom stereocenters. The van der Waals surface area contributed by atoms with Crippen molar-refractivity contribution in [2.24, 2.45) is 0 Å². The zero-order chi connectivity index (χ0) is 15.4. The van der Waals surface area contributed by atoms with Crippen molar-refractivity contribution >= 4 is 5.91 Å². The Bertz CT molecular complexity index is 517. The molecule has 2 heterocycles. The molecule has 0 aliphatic carbocycles. The van der Waals surface area contributed by atoms with Gasteiger partial charge in [-0.05, 0) is 19.1 Å². The van der Waals surface area contributed by atoms with E-state index in [1.54, 1.807) is 0 Å². The van der Waals surface area contributed by atoms with Crippen molar-refractivity contribution in [1.82, 2.24) is 10.2 Å². The molecule has 2 aliphatic heterocycles. The standard InChI is InChI=1S/C16H22N2O4/c1-12(18-6-8-20-9-7-18)16(19)17-10-13-11-21-14-4-2-3-5-15(14)22-13/h2-5,12-13H,6-11H2,1H3,(H,17,19)/t12-,13+/m0/s1. The van der Waals surface area contributed by atoms with Crippen molar-refractivity contribution < 1.29 is 19.0 Å². The number of hydrogen-bond donors (Lipinski definition) is 1. The fourth-order valence-electron chi connectivity index (χ4n) is 2.66. The van der Waals surface area contributed by atoms with Crippen LogP contribution in [0.5, 0.6) is 11.5 Å². The van der Waals surface area contributed by atoms with Gasteiger partial charge in [0.15, 0.2) is 11.5 Å². The Morgan fingerprint density at radius 2 is 2.05 bits per heavy atom. The molecular weight excluding hydrogens is 284 g/mol. The number of rotatable bonds is 4. The van der Waals surface area contributed by atoms with Crippen molar-refractivity contribution in [2.75, 3.05) is 39.5 Å². The van der Waals surface area contributed by atoms with Crippen LogP contribution in [0, 0.1) is 0 Å². The molecule has 120 valence electrons. The predicted octanol–water partition coefficient (Wildman–Crippen LogP) is 0.663. The van der Waals surface area contributed by atoms with Gasteiger partial charge in [-0.25, -0.2) is 0 Å². The molecule has 1 fully saturated rings. The molecule has 3 rings (SSSR count). The second kappa shape index (κ2) is 6.98. The summed E-state index contributed by atoms with van der Waals surface area (Å²) in [6.07, 6.45) is -0.157. The van der Waals surface area contributed by atoms with Crippen LogP contribution in [0.25, 0.3) is 0 Å². The van der Waals surface area contributed by atoms with Crippen molar-refractivity contribution in [3.8, 4) is 11.5 Å². The number of carbonyl (C=O) groups excluding carboxylic acids is 1. The maximum absolute atomic E-state index is 12.2. The highest BCUT2D eigenvalue weighted by Crippen LogP contribution is 2.30. The third-order valence-corrected chi connectivity index (χ3v) is 4.04. The minimum atomic E-state index is -0.157. The van der Waals surface area contributed by atoms with Crippen LogP contribution in [-0.4, -0.2) is 62.4 Å². The van der Waals surface area contributed by atoms with E-state index in [2.05, 4.69) is 10.2 Å². The maximum Gasteiger partial charge on any atom is 0.237 e. The Morgan fingerprint density at radius 1 is 1.32 bits per heavy atom. The van der Waals surface area contributed by atoms with Gasteiger partial charge in [0.2, 0.25) is 5.91 Å². The Kier molecular flexibility index (Phi) is 4.80. The minimum absolute atomic E-state index is 0.0179. The van der Waals surface area contributed by atoms with Crippen LogP contribution in [0.4, 0.5) is 0 Å². The van der Waals surface area contributed by atoms with Gasteiger partial charge in [0.05, 0.1) is 25.8 Å². The van der Waals surface area contributed by atoms with E-state index in [-0.39, 0.29) is 18.1 Å². The Morgan fingerprint density at radius 3 is 2.82 bits per heavy atom. The van der Waals surface area contributed by atoms with E-state index in [1.807, 2.05) is 31.2 Å². The second-order valence-electron chi connectivity index (χ2n) is 5.57. The highest BCUT2D eigenvalue weighted by atomic mass is 16.6. The van der Waals surface area contributed by atoms with Gasteiger partial charge in [-0.2, -0.15) is 0 Å². The molecular formula is C16H22N2O4. The summed E-state index contributed by atoms with van der Waals surface area (Å²) in [4.78, 5) is 14.4. The topological polar surface area (TPSA) is 60.0 Å². The van der Waals surface area contributed by atoms with Crippen molar-refractivity contribution in [1.29, 1.82) is 0 Å². The molecule has 6 heteroatoms. The molecule has 2 atom stereocenters. The summed E-state index contributed by atoms with van der Waals surface area (Å²) in [7, 11) is 0. The van der Waals surface area contributed by atoms with Gasteiger partial charge in [-0.3, -0.25) is 9.69 Å². The zero-order valence-electron chi connectivity index (χ0n) is 12.8. The minimum Gasteiger partial charge on any atom is -0.486 e. The van der Waals surface area contributed by atoms with E-state index in [9.17, 15) is 4.79 Å². The van der Waals surface area contributed by atoms with E-state index in [1.165, 1.54) is 0 Å². The summed E-state index contributed by atoms with van der Waals surface area (Å²) in [5, 5.41) is 2.95. The molecule has 6 nitrogen and oxygen atoms in total. The van der Waals surface area contributed by atoms with Crippen LogP contribution in [0.15, 0.2) is 24.3 Å². The molecule has 1 N–H and O–H groups in total. The summed E-state index contributed by atoms with van der Waals surface area (Å²) in [5.41, 5.74) is 0.